The van der Waals surface area contributed by atoms with Gasteiger partial charge in [-0.1, -0.05) is 26.0 Å². The second-order valence-electron chi connectivity index (χ2n) is 4.33. The van der Waals surface area contributed by atoms with E-state index >= 15 is 0 Å². The average Bonchev–Trinajstić information content (AvgIpc) is 2.87. The third kappa shape index (κ3) is 2.79. The molecule has 19 heavy (non-hydrogen) atoms. The Morgan fingerprint density at radius 3 is 2.74 bits per heavy atom. The SMILES string of the molecule is CCNCc1cnn(-c2ccccc2OC)c1CC. The molecule has 0 radical (unpaired) electrons. The van der Waals surface area contributed by atoms with Gasteiger partial charge in [0.15, 0.2) is 0 Å². The van der Waals surface area contributed by atoms with E-state index in [0.717, 1.165) is 30.9 Å². The number of rotatable bonds is 6. The molecule has 0 aliphatic carbocycles. The van der Waals surface area contributed by atoms with Crippen molar-refractivity contribution < 1.29 is 4.74 Å². The summed E-state index contributed by atoms with van der Waals surface area (Å²) in [6, 6.07) is 7.96. The van der Waals surface area contributed by atoms with Crippen LogP contribution in [0.15, 0.2) is 30.5 Å². The summed E-state index contributed by atoms with van der Waals surface area (Å²) < 4.78 is 7.39. The van der Waals surface area contributed by atoms with Crippen LogP contribution in [0.25, 0.3) is 5.69 Å². The van der Waals surface area contributed by atoms with Gasteiger partial charge in [-0.2, -0.15) is 5.10 Å². The minimum atomic E-state index is 0.843. The summed E-state index contributed by atoms with van der Waals surface area (Å²) >= 11 is 0. The van der Waals surface area contributed by atoms with Crippen LogP contribution in [0.2, 0.25) is 0 Å². The number of aromatic nitrogens is 2. The molecule has 2 rings (SSSR count). The number of ether oxygens (including phenoxy) is 1. The predicted octanol–water partition coefficient (Wildman–Crippen LogP) is 2.55. The van der Waals surface area contributed by atoms with Crippen LogP contribution < -0.4 is 10.1 Å². The number of para-hydroxylation sites is 2. The molecule has 1 N–H and O–H groups in total. The number of hydrogen-bond donors (Lipinski definition) is 1. The molecule has 0 saturated heterocycles. The fraction of sp³-hybridized carbons (Fsp3) is 0.400. The quantitative estimate of drug-likeness (QED) is 0.866. The molecule has 4 heteroatoms. The molecule has 1 heterocycles. The lowest BCUT2D eigenvalue weighted by Gasteiger charge is -2.11. The lowest BCUT2D eigenvalue weighted by Crippen LogP contribution is -2.13. The van der Waals surface area contributed by atoms with E-state index in [2.05, 4.69) is 24.3 Å². The molecule has 0 spiro atoms. The second kappa shape index (κ2) is 6.38. The summed E-state index contributed by atoms with van der Waals surface area (Å²) in [5.41, 5.74) is 3.46. The van der Waals surface area contributed by atoms with Gasteiger partial charge in [-0.15, -0.1) is 0 Å². The zero-order valence-corrected chi connectivity index (χ0v) is 11.8. The van der Waals surface area contributed by atoms with E-state index in [1.165, 1.54) is 11.3 Å². The fourth-order valence-corrected chi connectivity index (χ4v) is 2.20. The van der Waals surface area contributed by atoms with Crippen LogP contribution >= 0.6 is 0 Å². The lowest BCUT2D eigenvalue weighted by molar-refractivity contribution is 0.411. The zero-order valence-electron chi connectivity index (χ0n) is 11.8. The summed E-state index contributed by atoms with van der Waals surface area (Å²) in [5.74, 6) is 0.843. The van der Waals surface area contributed by atoms with Gasteiger partial charge in [0.25, 0.3) is 0 Å². The van der Waals surface area contributed by atoms with Crippen LogP contribution in [0.3, 0.4) is 0 Å². The number of nitrogens with one attached hydrogen (secondary N) is 1. The first kappa shape index (κ1) is 13.6. The highest BCUT2D eigenvalue weighted by Crippen LogP contribution is 2.24. The van der Waals surface area contributed by atoms with Crippen LogP contribution in [0.4, 0.5) is 0 Å². The largest absolute Gasteiger partial charge is 0.494 e. The van der Waals surface area contributed by atoms with E-state index in [0.29, 0.717) is 0 Å². The number of nitrogens with zero attached hydrogens (tertiary/aromatic N) is 2. The Morgan fingerprint density at radius 2 is 2.05 bits per heavy atom. The van der Waals surface area contributed by atoms with Crippen LogP contribution in [0.5, 0.6) is 5.75 Å². The Kier molecular flexibility index (Phi) is 4.58. The van der Waals surface area contributed by atoms with Crippen molar-refractivity contribution in [3.8, 4) is 11.4 Å². The van der Waals surface area contributed by atoms with Crippen molar-refractivity contribution in [3.05, 3.63) is 41.7 Å². The summed E-state index contributed by atoms with van der Waals surface area (Å²) in [5, 5.41) is 7.86. The number of benzene rings is 1. The summed E-state index contributed by atoms with van der Waals surface area (Å²) in [6.45, 7) is 6.08. The maximum absolute atomic E-state index is 5.41. The molecular weight excluding hydrogens is 238 g/mol. The van der Waals surface area contributed by atoms with Crippen molar-refractivity contribution in [2.24, 2.45) is 0 Å². The first-order chi connectivity index (χ1) is 9.31. The molecule has 0 aliphatic heterocycles. The van der Waals surface area contributed by atoms with Gasteiger partial charge in [0.2, 0.25) is 0 Å². The summed E-state index contributed by atoms with van der Waals surface area (Å²) in [6.07, 6.45) is 2.88. The van der Waals surface area contributed by atoms with E-state index in [4.69, 9.17) is 4.74 Å². The molecule has 0 bridgehead atoms. The normalized spacial score (nSPS) is 10.7. The third-order valence-corrected chi connectivity index (χ3v) is 3.17. The van der Waals surface area contributed by atoms with Gasteiger partial charge in [0.05, 0.1) is 13.3 Å². The smallest absolute Gasteiger partial charge is 0.144 e. The molecule has 102 valence electrons. The van der Waals surface area contributed by atoms with Crippen LogP contribution in [-0.2, 0) is 13.0 Å². The van der Waals surface area contributed by atoms with Gasteiger partial charge in [-0.25, -0.2) is 4.68 Å². The topological polar surface area (TPSA) is 39.1 Å². The second-order valence-corrected chi connectivity index (χ2v) is 4.33. The van der Waals surface area contributed by atoms with E-state index in [-0.39, 0.29) is 0 Å². The van der Waals surface area contributed by atoms with E-state index in [1.807, 2.05) is 35.1 Å². The Morgan fingerprint density at radius 1 is 1.26 bits per heavy atom. The van der Waals surface area contributed by atoms with Gasteiger partial charge in [0.1, 0.15) is 11.4 Å². The highest BCUT2D eigenvalue weighted by Gasteiger charge is 2.13. The van der Waals surface area contributed by atoms with Gasteiger partial charge < -0.3 is 10.1 Å². The maximum atomic E-state index is 5.41. The molecule has 0 aliphatic rings. The van der Waals surface area contributed by atoms with Crippen molar-refractivity contribution in [2.45, 2.75) is 26.8 Å². The highest BCUT2D eigenvalue weighted by atomic mass is 16.5. The Bertz CT molecular complexity index is 534. The monoisotopic (exact) mass is 259 g/mol. The minimum absolute atomic E-state index is 0.843. The van der Waals surface area contributed by atoms with Gasteiger partial charge in [0, 0.05) is 17.8 Å². The number of methoxy groups -OCH3 is 1. The zero-order chi connectivity index (χ0) is 13.7. The molecule has 0 atom stereocenters. The Labute approximate surface area is 114 Å². The van der Waals surface area contributed by atoms with Gasteiger partial charge in [-0.3, -0.25) is 0 Å². The van der Waals surface area contributed by atoms with E-state index < -0.39 is 0 Å². The van der Waals surface area contributed by atoms with Crippen molar-refractivity contribution >= 4 is 0 Å². The van der Waals surface area contributed by atoms with Crippen LogP contribution in [-0.4, -0.2) is 23.4 Å². The van der Waals surface area contributed by atoms with Gasteiger partial charge in [-0.05, 0) is 25.1 Å². The molecule has 0 amide bonds. The summed E-state index contributed by atoms with van der Waals surface area (Å²) in [4.78, 5) is 0. The average molecular weight is 259 g/mol. The predicted molar refractivity (Wildman–Crippen MR) is 76.9 cm³/mol. The standard InChI is InChI=1S/C15H21N3O/c1-4-13-12(10-16-5-2)11-17-18(13)14-8-6-7-9-15(14)19-3/h6-9,11,16H,4-5,10H2,1-3H3. The fourth-order valence-electron chi connectivity index (χ4n) is 2.20. The minimum Gasteiger partial charge on any atom is -0.494 e. The maximum Gasteiger partial charge on any atom is 0.144 e. The first-order valence-electron chi connectivity index (χ1n) is 6.71. The Balaban J connectivity index is 2.41. The van der Waals surface area contributed by atoms with Crippen LogP contribution in [0.1, 0.15) is 25.1 Å². The van der Waals surface area contributed by atoms with Crippen molar-refractivity contribution in [3.63, 3.8) is 0 Å². The lowest BCUT2D eigenvalue weighted by atomic mass is 10.2. The highest BCUT2D eigenvalue weighted by molar-refractivity contribution is 5.47. The van der Waals surface area contributed by atoms with Gasteiger partial charge >= 0.3 is 0 Å². The van der Waals surface area contributed by atoms with Crippen molar-refractivity contribution in [2.75, 3.05) is 13.7 Å². The van der Waals surface area contributed by atoms with E-state index in [1.54, 1.807) is 7.11 Å². The molecule has 4 nitrogen and oxygen atoms in total. The van der Waals surface area contributed by atoms with Crippen LogP contribution in [0, 0.1) is 0 Å². The van der Waals surface area contributed by atoms with Crippen molar-refractivity contribution in [1.29, 1.82) is 0 Å². The van der Waals surface area contributed by atoms with Crippen molar-refractivity contribution in [1.82, 2.24) is 15.1 Å². The molecule has 2 aromatic rings. The summed E-state index contributed by atoms with van der Waals surface area (Å²) in [7, 11) is 1.69. The molecular formula is C15H21N3O. The Hall–Kier alpha value is -1.81. The molecule has 0 fully saturated rings. The number of hydrogen-bond acceptors (Lipinski definition) is 3. The molecule has 1 aromatic carbocycles. The molecule has 0 saturated carbocycles. The molecule has 0 unspecified atom stereocenters. The van der Waals surface area contributed by atoms with E-state index in [9.17, 15) is 0 Å². The third-order valence-electron chi connectivity index (χ3n) is 3.17. The first-order valence-corrected chi connectivity index (χ1v) is 6.71. The molecule has 1 aromatic heterocycles.